The van der Waals surface area contributed by atoms with Crippen molar-refractivity contribution in [2.75, 3.05) is 0 Å². The van der Waals surface area contributed by atoms with Crippen molar-refractivity contribution >= 4 is 32.9 Å². The van der Waals surface area contributed by atoms with Gasteiger partial charge in [-0.25, -0.2) is 14.5 Å². The summed E-state index contributed by atoms with van der Waals surface area (Å²) in [7, 11) is 0. The Morgan fingerprint density at radius 1 is 1.24 bits per heavy atom. The van der Waals surface area contributed by atoms with Crippen LogP contribution in [-0.4, -0.2) is 24.5 Å². The van der Waals surface area contributed by atoms with Crippen LogP contribution in [0.1, 0.15) is 0 Å². The van der Waals surface area contributed by atoms with Crippen molar-refractivity contribution in [1.82, 2.24) is 19.6 Å². The average molecular weight is 297 g/mol. The van der Waals surface area contributed by atoms with Crippen LogP contribution in [0.25, 0.3) is 27.3 Å². The molecule has 102 valence electrons. The fourth-order valence-corrected chi connectivity index (χ4v) is 2.93. The highest BCUT2D eigenvalue weighted by molar-refractivity contribution is 7.16. The SMILES string of the molecule is O=[N+]([O-])c1ccccc1-c1nc2c3ccsc3ncn2n1. The highest BCUT2D eigenvalue weighted by Gasteiger charge is 2.19. The van der Waals surface area contributed by atoms with Gasteiger partial charge >= 0.3 is 0 Å². The Hall–Kier alpha value is -2.87. The topological polar surface area (TPSA) is 86.2 Å². The zero-order valence-corrected chi connectivity index (χ0v) is 11.3. The van der Waals surface area contributed by atoms with E-state index in [1.807, 2.05) is 11.4 Å². The molecule has 0 saturated heterocycles. The molecule has 0 atom stereocenters. The quantitative estimate of drug-likeness (QED) is 0.419. The summed E-state index contributed by atoms with van der Waals surface area (Å²) in [5.41, 5.74) is 1.03. The molecule has 0 aliphatic heterocycles. The number of fused-ring (bicyclic) bond motifs is 3. The minimum Gasteiger partial charge on any atom is -0.258 e. The average Bonchev–Trinajstić information content (AvgIpc) is 3.12. The van der Waals surface area contributed by atoms with Crippen molar-refractivity contribution in [3.8, 4) is 11.4 Å². The molecule has 0 aliphatic carbocycles. The Labute approximate surface area is 121 Å². The number of thiophene rings is 1. The van der Waals surface area contributed by atoms with E-state index < -0.39 is 4.92 Å². The van der Waals surface area contributed by atoms with Crippen molar-refractivity contribution in [3.63, 3.8) is 0 Å². The summed E-state index contributed by atoms with van der Waals surface area (Å²) >= 11 is 1.51. The molecule has 3 heterocycles. The Bertz CT molecular complexity index is 990. The minimum atomic E-state index is -0.431. The normalized spacial score (nSPS) is 11.2. The number of hydrogen-bond donors (Lipinski definition) is 0. The van der Waals surface area contributed by atoms with Crippen molar-refractivity contribution in [3.05, 3.63) is 52.2 Å². The van der Waals surface area contributed by atoms with E-state index in [9.17, 15) is 10.1 Å². The molecule has 7 nitrogen and oxygen atoms in total. The number of nitro benzene ring substituents is 1. The Morgan fingerprint density at radius 3 is 2.95 bits per heavy atom. The van der Waals surface area contributed by atoms with Crippen molar-refractivity contribution in [2.24, 2.45) is 0 Å². The minimum absolute atomic E-state index is 0.0112. The standard InChI is InChI=1S/C13H7N5O2S/c19-18(20)10-4-2-1-3-8(10)11-15-12-9-5-6-21-13(9)14-7-17(12)16-11/h1-7H. The molecule has 0 saturated carbocycles. The fraction of sp³-hybridized carbons (Fsp3) is 0. The van der Waals surface area contributed by atoms with Crippen LogP contribution in [0.15, 0.2) is 42.0 Å². The molecule has 1 aromatic carbocycles. The molecule has 0 amide bonds. The van der Waals surface area contributed by atoms with E-state index in [1.165, 1.54) is 17.4 Å². The van der Waals surface area contributed by atoms with Gasteiger partial charge in [-0.2, -0.15) is 0 Å². The smallest absolute Gasteiger partial charge is 0.258 e. The lowest BCUT2D eigenvalue weighted by Crippen LogP contribution is -1.93. The second kappa shape index (κ2) is 4.32. The third-order valence-corrected chi connectivity index (χ3v) is 3.96. The molecular formula is C13H7N5O2S. The number of hydrogen-bond acceptors (Lipinski definition) is 6. The molecule has 0 unspecified atom stereocenters. The lowest BCUT2D eigenvalue weighted by atomic mass is 10.2. The maximum Gasteiger partial charge on any atom is 0.280 e. The van der Waals surface area contributed by atoms with Gasteiger partial charge in [0, 0.05) is 6.07 Å². The van der Waals surface area contributed by atoms with Crippen molar-refractivity contribution < 1.29 is 4.92 Å². The van der Waals surface area contributed by atoms with E-state index in [2.05, 4.69) is 15.1 Å². The number of benzene rings is 1. The zero-order chi connectivity index (χ0) is 14.4. The number of rotatable bonds is 2. The molecule has 8 heteroatoms. The van der Waals surface area contributed by atoms with E-state index in [0.717, 1.165) is 10.2 Å². The van der Waals surface area contributed by atoms with Crippen LogP contribution in [0.2, 0.25) is 0 Å². The van der Waals surface area contributed by atoms with Crippen LogP contribution in [0.4, 0.5) is 5.69 Å². The third kappa shape index (κ3) is 1.77. The maximum absolute atomic E-state index is 11.1. The molecular weight excluding hydrogens is 290 g/mol. The number of aromatic nitrogens is 4. The highest BCUT2D eigenvalue weighted by Crippen LogP contribution is 2.29. The Kier molecular flexibility index (Phi) is 2.45. The van der Waals surface area contributed by atoms with Crippen molar-refractivity contribution in [1.29, 1.82) is 0 Å². The lowest BCUT2D eigenvalue weighted by molar-refractivity contribution is -0.384. The molecule has 0 radical (unpaired) electrons. The predicted molar refractivity (Wildman–Crippen MR) is 78.3 cm³/mol. The predicted octanol–water partition coefficient (Wildman–Crippen LogP) is 2.91. The van der Waals surface area contributed by atoms with E-state index in [-0.39, 0.29) is 5.69 Å². The van der Waals surface area contributed by atoms with Gasteiger partial charge in [0.2, 0.25) is 0 Å². The van der Waals surface area contributed by atoms with Gasteiger partial charge in [0.15, 0.2) is 11.5 Å². The molecule has 4 aromatic rings. The largest absolute Gasteiger partial charge is 0.280 e. The molecule has 0 bridgehead atoms. The lowest BCUT2D eigenvalue weighted by Gasteiger charge is -1.96. The highest BCUT2D eigenvalue weighted by atomic mass is 32.1. The van der Waals surface area contributed by atoms with Crippen LogP contribution in [0.5, 0.6) is 0 Å². The van der Waals surface area contributed by atoms with Gasteiger partial charge in [0.25, 0.3) is 5.69 Å². The number of nitro groups is 1. The summed E-state index contributed by atoms with van der Waals surface area (Å²) in [6, 6.07) is 8.35. The Morgan fingerprint density at radius 2 is 2.10 bits per heavy atom. The zero-order valence-electron chi connectivity index (χ0n) is 10.5. The number of nitrogens with zero attached hydrogens (tertiary/aromatic N) is 5. The molecule has 4 rings (SSSR count). The van der Waals surface area contributed by atoms with Gasteiger partial charge in [-0.1, -0.05) is 12.1 Å². The first-order chi connectivity index (χ1) is 10.2. The molecule has 21 heavy (non-hydrogen) atoms. The van der Waals surface area contributed by atoms with E-state index in [0.29, 0.717) is 17.0 Å². The van der Waals surface area contributed by atoms with Gasteiger partial charge in [0.1, 0.15) is 11.2 Å². The van der Waals surface area contributed by atoms with Gasteiger partial charge in [-0.05, 0) is 17.5 Å². The summed E-state index contributed by atoms with van der Waals surface area (Å²) in [6.07, 6.45) is 1.57. The first kappa shape index (κ1) is 11.9. The molecule has 3 aromatic heterocycles. The third-order valence-electron chi connectivity index (χ3n) is 3.14. The van der Waals surface area contributed by atoms with E-state index >= 15 is 0 Å². The van der Waals surface area contributed by atoms with Gasteiger partial charge in [-0.3, -0.25) is 10.1 Å². The first-order valence-electron chi connectivity index (χ1n) is 6.06. The summed E-state index contributed by atoms with van der Waals surface area (Å²) in [5, 5.41) is 18.2. The summed E-state index contributed by atoms with van der Waals surface area (Å²) in [4.78, 5) is 20.3. The number of para-hydroxylation sites is 1. The van der Waals surface area contributed by atoms with Crippen LogP contribution in [0, 0.1) is 10.1 Å². The maximum atomic E-state index is 11.1. The van der Waals surface area contributed by atoms with Crippen LogP contribution >= 0.6 is 11.3 Å². The van der Waals surface area contributed by atoms with Gasteiger partial charge < -0.3 is 0 Å². The monoisotopic (exact) mass is 297 g/mol. The summed E-state index contributed by atoms with van der Waals surface area (Å²) in [5.74, 6) is 0.322. The van der Waals surface area contributed by atoms with E-state index in [4.69, 9.17) is 0 Å². The molecule has 0 spiro atoms. The second-order valence-electron chi connectivity index (χ2n) is 4.36. The Balaban J connectivity index is 2.01. The molecule has 0 fully saturated rings. The van der Waals surface area contributed by atoms with Gasteiger partial charge in [0.05, 0.1) is 15.9 Å². The van der Waals surface area contributed by atoms with Gasteiger partial charge in [-0.15, -0.1) is 16.4 Å². The van der Waals surface area contributed by atoms with E-state index in [1.54, 1.807) is 29.0 Å². The van der Waals surface area contributed by atoms with Crippen LogP contribution < -0.4 is 0 Å². The van der Waals surface area contributed by atoms with Crippen LogP contribution in [0.3, 0.4) is 0 Å². The second-order valence-corrected chi connectivity index (χ2v) is 5.26. The van der Waals surface area contributed by atoms with Crippen molar-refractivity contribution in [2.45, 2.75) is 0 Å². The first-order valence-corrected chi connectivity index (χ1v) is 6.94. The molecule has 0 N–H and O–H groups in total. The summed E-state index contributed by atoms with van der Waals surface area (Å²) in [6.45, 7) is 0. The summed E-state index contributed by atoms with van der Waals surface area (Å²) < 4.78 is 1.54. The van der Waals surface area contributed by atoms with Crippen LogP contribution in [-0.2, 0) is 0 Å². The molecule has 0 aliphatic rings. The fourth-order valence-electron chi connectivity index (χ4n) is 2.20.